The average molecular weight is 409 g/mol. The highest BCUT2D eigenvalue weighted by Gasteiger charge is 2.44. The SMILES string of the molecule is COC1CCCc2c(C)cc(C(=O)/C(=C/N(C)C)C(=O)C3CC3)c(C(F)(F)F)c21. The second kappa shape index (κ2) is 7.94. The Labute approximate surface area is 168 Å². The number of nitrogens with zero attached hydrogens (tertiary/aromatic N) is 1. The van der Waals surface area contributed by atoms with Crippen molar-refractivity contribution in [2.75, 3.05) is 21.2 Å². The van der Waals surface area contributed by atoms with Gasteiger partial charge in [-0.25, -0.2) is 0 Å². The highest BCUT2D eigenvalue weighted by molar-refractivity contribution is 6.27. The van der Waals surface area contributed by atoms with Crippen LogP contribution in [0.1, 0.15) is 64.4 Å². The first-order valence-corrected chi connectivity index (χ1v) is 9.79. The molecule has 2 aliphatic carbocycles. The van der Waals surface area contributed by atoms with Crippen LogP contribution < -0.4 is 0 Å². The van der Waals surface area contributed by atoms with E-state index in [0.717, 1.165) is 6.42 Å². The van der Waals surface area contributed by atoms with Crippen LogP contribution in [0.4, 0.5) is 13.2 Å². The first-order chi connectivity index (χ1) is 13.6. The Kier molecular flexibility index (Phi) is 5.90. The van der Waals surface area contributed by atoms with Gasteiger partial charge in [-0.05, 0) is 61.8 Å². The molecule has 0 amide bonds. The van der Waals surface area contributed by atoms with E-state index >= 15 is 0 Å². The molecule has 4 nitrogen and oxygen atoms in total. The van der Waals surface area contributed by atoms with E-state index in [9.17, 15) is 22.8 Å². The fraction of sp³-hybridized carbons (Fsp3) is 0.545. The number of fused-ring (bicyclic) bond motifs is 1. The van der Waals surface area contributed by atoms with Crippen LogP contribution in [0.5, 0.6) is 0 Å². The summed E-state index contributed by atoms with van der Waals surface area (Å²) < 4.78 is 48.0. The molecule has 1 fully saturated rings. The summed E-state index contributed by atoms with van der Waals surface area (Å²) >= 11 is 0. The molecule has 0 spiro atoms. The minimum atomic E-state index is -4.73. The van der Waals surface area contributed by atoms with Crippen molar-refractivity contribution in [3.8, 4) is 0 Å². The number of allylic oxidation sites excluding steroid dienone is 1. The number of alkyl halides is 3. The van der Waals surface area contributed by atoms with E-state index in [4.69, 9.17) is 4.74 Å². The summed E-state index contributed by atoms with van der Waals surface area (Å²) in [6, 6.07) is 1.30. The van der Waals surface area contributed by atoms with Crippen LogP contribution in [0.2, 0.25) is 0 Å². The van der Waals surface area contributed by atoms with Crippen molar-refractivity contribution < 1.29 is 27.5 Å². The molecule has 7 heteroatoms. The normalized spacial score (nSPS) is 19.7. The van der Waals surface area contributed by atoms with Crippen molar-refractivity contribution in [3.63, 3.8) is 0 Å². The van der Waals surface area contributed by atoms with Gasteiger partial charge in [0.25, 0.3) is 0 Å². The summed E-state index contributed by atoms with van der Waals surface area (Å²) in [5.41, 5.74) is -0.327. The predicted octanol–water partition coefficient (Wildman–Crippen LogP) is 4.64. The standard InChI is InChI=1S/C22H26F3NO3/c1-12-10-15(21(28)16(11-26(2)3)20(27)13-8-9-13)19(22(23,24)25)18-14(12)6-5-7-17(18)29-4/h10-11,13,17H,5-9H2,1-4H3/b16-11+. The summed E-state index contributed by atoms with van der Waals surface area (Å²) in [6.45, 7) is 1.71. The zero-order chi connectivity index (χ0) is 21.5. The highest BCUT2D eigenvalue weighted by Crippen LogP contribution is 2.45. The fourth-order valence-electron chi connectivity index (χ4n) is 4.10. The maximum Gasteiger partial charge on any atom is 0.417 e. The molecular formula is C22H26F3NO3. The number of rotatable bonds is 6. The number of hydrogen-bond donors (Lipinski definition) is 0. The molecule has 1 aromatic carbocycles. The van der Waals surface area contributed by atoms with Crippen LogP contribution in [-0.2, 0) is 22.1 Å². The van der Waals surface area contributed by atoms with Crippen molar-refractivity contribution in [1.29, 1.82) is 0 Å². The molecule has 0 bridgehead atoms. The van der Waals surface area contributed by atoms with Crippen molar-refractivity contribution in [3.05, 3.63) is 45.7 Å². The van der Waals surface area contributed by atoms with Gasteiger partial charge in [0.1, 0.15) is 0 Å². The van der Waals surface area contributed by atoms with Gasteiger partial charge in [-0.1, -0.05) is 0 Å². The molecular weight excluding hydrogens is 383 g/mol. The van der Waals surface area contributed by atoms with Crippen molar-refractivity contribution in [2.45, 2.75) is 51.3 Å². The number of halogens is 3. The van der Waals surface area contributed by atoms with E-state index < -0.39 is 29.2 Å². The van der Waals surface area contributed by atoms with Crippen LogP contribution in [-0.4, -0.2) is 37.7 Å². The molecule has 1 unspecified atom stereocenters. The Bertz CT molecular complexity index is 867. The van der Waals surface area contributed by atoms with Crippen LogP contribution in [0.25, 0.3) is 0 Å². The molecule has 158 valence electrons. The van der Waals surface area contributed by atoms with Gasteiger partial charge < -0.3 is 9.64 Å². The number of methoxy groups -OCH3 is 1. The molecule has 0 aliphatic heterocycles. The first-order valence-electron chi connectivity index (χ1n) is 9.79. The summed E-state index contributed by atoms with van der Waals surface area (Å²) in [7, 11) is 4.66. The van der Waals surface area contributed by atoms with Gasteiger partial charge in [0, 0.05) is 38.9 Å². The number of ketones is 2. The predicted molar refractivity (Wildman–Crippen MR) is 103 cm³/mol. The Balaban J connectivity index is 2.24. The van der Waals surface area contributed by atoms with E-state index in [-0.39, 0.29) is 22.8 Å². The Morgan fingerprint density at radius 3 is 2.38 bits per heavy atom. The second-order valence-electron chi connectivity index (χ2n) is 8.10. The largest absolute Gasteiger partial charge is 0.417 e. The van der Waals surface area contributed by atoms with Gasteiger partial charge in [0.2, 0.25) is 0 Å². The monoisotopic (exact) mass is 409 g/mol. The first kappa shape index (κ1) is 21.6. The minimum Gasteiger partial charge on any atom is -0.383 e. The lowest BCUT2D eigenvalue weighted by molar-refractivity contribution is -0.140. The molecule has 0 heterocycles. The fourth-order valence-corrected chi connectivity index (χ4v) is 4.10. The van der Waals surface area contributed by atoms with Crippen LogP contribution >= 0.6 is 0 Å². The average Bonchev–Trinajstić information content (AvgIpc) is 3.48. The Morgan fingerprint density at radius 1 is 1.21 bits per heavy atom. The Hall–Kier alpha value is -2.15. The quantitative estimate of drug-likeness (QED) is 0.297. The van der Waals surface area contributed by atoms with Crippen LogP contribution in [0.15, 0.2) is 17.8 Å². The molecule has 0 saturated heterocycles. The zero-order valence-corrected chi connectivity index (χ0v) is 17.2. The third kappa shape index (κ3) is 4.25. The molecule has 3 rings (SSSR count). The minimum absolute atomic E-state index is 0.0534. The molecule has 29 heavy (non-hydrogen) atoms. The lowest BCUT2D eigenvalue weighted by Crippen LogP contribution is -2.26. The van der Waals surface area contributed by atoms with Gasteiger partial charge in [-0.15, -0.1) is 0 Å². The number of Topliss-reactive ketones (excluding diaryl/α,β-unsaturated/α-hetero) is 2. The molecule has 1 atom stereocenters. The number of benzene rings is 1. The number of hydrogen-bond acceptors (Lipinski definition) is 4. The highest BCUT2D eigenvalue weighted by atomic mass is 19.4. The summed E-state index contributed by atoms with van der Waals surface area (Å²) in [4.78, 5) is 27.5. The van der Waals surface area contributed by atoms with Crippen molar-refractivity contribution in [1.82, 2.24) is 4.90 Å². The summed E-state index contributed by atoms with van der Waals surface area (Å²) in [5, 5.41) is 0. The third-order valence-electron chi connectivity index (χ3n) is 5.57. The van der Waals surface area contributed by atoms with E-state index in [2.05, 4.69) is 0 Å². The van der Waals surface area contributed by atoms with Crippen molar-refractivity contribution >= 4 is 11.6 Å². The summed E-state index contributed by atoms with van der Waals surface area (Å²) in [5.74, 6) is -1.52. The molecule has 1 aromatic rings. The zero-order valence-electron chi connectivity index (χ0n) is 17.2. The molecule has 1 saturated carbocycles. The lowest BCUT2D eigenvalue weighted by atomic mass is 9.79. The number of aryl methyl sites for hydroxylation is 1. The molecule has 0 aromatic heterocycles. The van der Waals surface area contributed by atoms with Crippen LogP contribution in [0.3, 0.4) is 0 Å². The van der Waals surface area contributed by atoms with E-state index in [1.807, 2.05) is 0 Å². The topological polar surface area (TPSA) is 46.6 Å². The number of carbonyl (C=O) groups excluding carboxylic acids is 2. The molecule has 2 aliphatic rings. The molecule has 0 N–H and O–H groups in total. The maximum absolute atomic E-state index is 14.2. The van der Waals surface area contributed by atoms with E-state index in [1.54, 1.807) is 21.0 Å². The summed E-state index contributed by atoms with van der Waals surface area (Å²) in [6.07, 6.45) is -1.08. The number of carbonyl (C=O) groups is 2. The smallest absolute Gasteiger partial charge is 0.383 e. The van der Waals surface area contributed by atoms with Gasteiger partial charge in [-0.2, -0.15) is 13.2 Å². The number of ether oxygens (including phenoxy) is 1. The lowest BCUT2D eigenvalue weighted by Gasteiger charge is -2.30. The third-order valence-corrected chi connectivity index (χ3v) is 5.57. The second-order valence-corrected chi connectivity index (χ2v) is 8.10. The van der Waals surface area contributed by atoms with Crippen molar-refractivity contribution in [2.24, 2.45) is 5.92 Å². The van der Waals surface area contributed by atoms with Gasteiger partial charge >= 0.3 is 6.18 Å². The van der Waals surface area contributed by atoms with E-state index in [0.29, 0.717) is 36.8 Å². The Morgan fingerprint density at radius 2 is 1.86 bits per heavy atom. The van der Waals surface area contributed by atoms with Gasteiger partial charge in [0.05, 0.1) is 17.2 Å². The maximum atomic E-state index is 14.2. The van der Waals surface area contributed by atoms with Gasteiger partial charge in [-0.3, -0.25) is 9.59 Å². The van der Waals surface area contributed by atoms with Crippen LogP contribution in [0, 0.1) is 12.8 Å². The van der Waals surface area contributed by atoms with Gasteiger partial charge in [0.15, 0.2) is 11.6 Å². The van der Waals surface area contributed by atoms with E-state index in [1.165, 1.54) is 24.3 Å². The molecule has 0 radical (unpaired) electrons.